The van der Waals surface area contributed by atoms with E-state index in [1.165, 1.54) is 19.3 Å². The van der Waals surface area contributed by atoms with Crippen molar-refractivity contribution in [2.45, 2.75) is 18.1 Å². The first-order valence-corrected chi connectivity index (χ1v) is 7.91. The number of ether oxygens (including phenoxy) is 4. The Bertz CT molecular complexity index is 781. The first kappa shape index (κ1) is 15.7. The third-order valence-electron chi connectivity index (χ3n) is 4.70. The smallest absolute Gasteiger partial charge is 0.406 e. The van der Waals surface area contributed by atoms with Crippen molar-refractivity contribution in [2.75, 3.05) is 20.4 Å². The van der Waals surface area contributed by atoms with E-state index in [0.717, 1.165) is 11.1 Å². The lowest BCUT2D eigenvalue weighted by Crippen LogP contribution is -2.49. The molecule has 0 aromatic heterocycles. The summed E-state index contributed by atoms with van der Waals surface area (Å²) in [5.74, 6) is 1.26. The van der Waals surface area contributed by atoms with Gasteiger partial charge in [0.15, 0.2) is 17.3 Å². The second-order valence-corrected chi connectivity index (χ2v) is 6.04. The molecule has 3 aliphatic rings. The van der Waals surface area contributed by atoms with Crippen LogP contribution >= 0.6 is 0 Å². The number of benzene rings is 1. The molecule has 1 aliphatic carbocycles. The van der Waals surface area contributed by atoms with E-state index in [0.29, 0.717) is 18.1 Å². The Kier molecular flexibility index (Phi) is 3.73. The van der Waals surface area contributed by atoms with Gasteiger partial charge in [0.2, 0.25) is 6.79 Å². The summed E-state index contributed by atoms with van der Waals surface area (Å²) in [5, 5.41) is 2.67. The zero-order chi connectivity index (χ0) is 17.4. The number of fused-ring (bicyclic) bond motifs is 3. The van der Waals surface area contributed by atoms with Crippen molar-refractivity contribution in [1.29, 1.82) is 0 Å². The van der Waals surface area contributed by atoms with Gasteiger partial charge in [-0.25, -0.2) is 4.79 Å². The van der Waals surface area contributed by atoms with Gasteiger partial charge in [-0.1, -0.05) is 12.2 Å². The summed E-state index contributed by atoms with van der Waals surface area (Å²) in [5.41, 5.74) is 1.26. The molecule has 7 heteroatoms. The molecule has 0 fully saturated rings. The maximum atomic E-state index is 11.7. The summed E-state index contributed by atoms with van der Waals surface area (Å²) < 4.78 is 21.6. The predicted octanol–water partition coefficient (Wildman–Crippen LogP) is 1.60. The Hall–Kier alpha value is -2.80. The number of rotatable bonds is 2. The Morgan fingerprint density at radius 3 is 2.72 bits per heavy atom. The molecule has 2 heterocycles. The number of hydrogen-bond acceptors (Lipinski definition) is 6. The number of ketones is 1. The van der Waals surface area contributed by atoms with Crippen LogP contribution < -0.4 is 14.8 Å². The molecule has 25 heavy (non-hydrogen) atoms. The highest BCUT2D eigenvalue weighted by atomic mass is 16.7. The average Bonchev–Trinajstić information content (AvgIpc) is 3.09. The van der Waals surface area contributed by atoms with Gasteiger partial charge >= 0.3 is 6.09 Å². The fourth-order valence-corrected chi connectivity index (χ4v) is 3.43. The number of hydrogen-bond donors (Lipinski definition) is 1. The number of carbonyl (C=O) groups is 2. The molecule has 1 spiro atoms. The molecule has 1 atom stereocenters. The summed E-state index contributed by atoms with van der Waals surface area (Å²) >= 11 is 0. The maximum absolute atomic E-state index is 11.7. The standard InChI is InChI=1S/C18H17NO6/c1-22-17(21)19-8-16-18(4-2-12(20)3-5-18)13-7-15-14(24-10-25-15)6-11(13)9-23-16/h2-7,16H,8-10H2,1H3,(H,19,21)/t16-/m1/s1. The van der Waals surface area contributed by atoms with Gasteiger partial charge in [-0.2, -0.15) is 0 Å². The van der Waals surface area contributed by atoms with Crippen molar-refractivity contribution >= 4 is 11.9 Å². The first-order chi connectivity index (χ1) is 12.1. The van der Waals surface area contributed by atoms with Gasteiger partial charge in [0.05, 0.1) is 25.2 Å². The van der Waals surface area contributed by atoms with Gasteiger partial charge < -0.3 is 24.3 Å². The molecule has 130 valence electrons. The molecule has 1 aromatic rings. The van der Waals surface area contributed by atoms with Crippen molar-refractivity contribution in [2.24, 2.45) is 0 Å². The summed E-state index contributed by atoms with van der Waals surface area (Å²) in [7, 11) is 1.31. The van der Waals surface area contributed by atoms with Crippen molar-refractivity contribution in [1.82, 2.24) is 5.32 Å². The van der Waals surface area contributed by atoms with E-state index in [1.807, 2.05) is 24.3 Å². The van der Waals surface area contributed by atoms with Crippen LogP contribution in [0.1, 0.15) is 11.1 Å². The molecule has 0 saturated carbocycles. The molecule has 1 amide bonds. The van der Waals surface area contributed by atoms with Gasteiger partial charge in [-0.3, -0.25) is 4.79 Å². The highest BCUT2D eigenvalue weighted by Crippen LogP contribution is 2.46. The molecule has 2 aliphatic heterocycles. The molecule has 1 aromatic carbocycles. The minimum absolute atomic E-state index is 0.0850. The van der Waals surface area contributed by atoms with Crippen LogP contribution in [0.5, 0.6) is 11.5 Å². The molecule has 0 radical (unpaired) electrons. The maximum Gasteiger partial charge on any atom is 0.406 e. The fourth-order valence-electron chi connectivity index (χ4n) is 3.43. The molecule has 7 nitrogen and oxygen atoms in total. The van der Waals surface area contributed by atoms with E-state index in [2.05, 4.69) is 10.1 Å². The topological polar surface area (TPSA) is 83.1 Å². The number of nitrogens with one attached hydrogen (secondary N) is 1. The predicted molar refractivity (Wildman–Crippen MR) is 86.5 cm³/mol. The quantitative estimate of drug-likeness (QED) is 0.878. The molecule has 0 saturated heterocycles. The van der Waals surface area contributed by atoms with Crippen molar-refractivity contribution in [3.63, 3.8) is 0 Å². The van der Waals surface area contributed by atoms with Crippen LogP contribution in [0.3, 0.4) is 0 Å². The van der Waals surface area contributed by atoms with Crippen LogP contribution in [-0.4, -0.2) is 38.4 Å². The number of methoxy groups -OCH3 is 1. The molecule has 1 N–H and O–H groups in total. The van der Waals surface area contributed by atoms with Crippen LogP contribution in [0, 0.1) is 0 Å². The highest BCUT2D eigenvalue weighted by molar-refractivity contribution is 6.01. The van der Waals surface area contributed by atoms with Gasteiger partial charge in [0.1, 0.15) is 0 Å². The first-order valence-electron chi connectivity index (χ1n) is 7.91. The van der Waals surface area contributed by atoms with E-state index >= 15 is 0 Å². The van der Waals surface area contributed by atoms with Crippen LogP contribution in [0.15, 0.2) is 36.4 Å². The van der Waals surface area contributed by atoms with Crippen LogP contribution in [0.25, 0.3) is 0 Å². The number of carbonyl (C=O) groups excluding carboxylic acids is 2. The van der Waals surface area contributed by atoms with Crippen molar-refractivity contribution < 1.29 is 28.5 Å². The lowest BCUT2D eigenvalue weighted by Gasteiger charge is -2.42. The second kappa shape index (κ2) is 5.93. The zero-order valence-electron chi connectivity index (χ0n) is 13.6. The third-order valence-corrected chi connectivity index (χ3v) is 4.70. The monoisotopic (exact) mass is 343 g/mol. The Balaban J connectivity index is 1.76. The normalized spacial score (nSPS) is 22.0. The lowest BCUT2D eigenvalue weighted by atomic mass is 9.70. The second-order valence-electron chi connectivity index (χ2n) is 6.04. The Morgan fingerprint density at radius 1 is 1.28 bits per heavy atom. The fraction of sp³-hybridized carbons (Fsp3) is 0.333. The van der Waals surface area contributed by atoms with Gasteiger partial charge in [0, 0.05) is 6.54 Å². The molecule has 4 rings (SSSR count). The molecular weight excluding hydrogens is 326 g/mol. The summed E-state index contributed by atoms with van der Waals surface area (Å²) in [4.78, 5) is 23.1. The van der Waals surface area contributed by atoms with E-state index < -0.39 is 11.5 Å². The van der Waals surface area contributed by atoms with Crippen LogP contribution in [0.2, 0.25) is 0 Å². The average molecular weight is 343 g/mol. The van der Waals surface area contributed by atoms with Crippen LogP contribution in [0.4, 0.5) is 4.79 Å². The Labute approximate surface area is 144 Å². The Morgan fingerprint density at radius 2 is 2.00 bits per heavy atom. The summed E-state index contributed by atoms with van der Waals surface area (Å²) in [6.45, 7) is 0.796. The summed E-state index contributed by atoms with van der Waals surface area (Å²) in [6, 6.07) is 3.83. The van der Waals surface area contributed by atoms with E-state index in [-0.39, 0.29) is 25.2 Å². The number of amides is 1. The van der Waals surface area contributed by atoms with Crippen molar-refractivity contribution in [3.05, 3.63) is 47.6 Å². The molecular formula is C18H17NO6. The number of alkyl carbamates (subject to hydrolysis) is 1. The zero-order valence-corrected chi connectivity index (χ0v) is 13.6. The van der Waals surface area contributed by atoms with E-state index in [4.69, 9.17) is 14.2 Å². The van der Waals surface area contributed by atoms with Gasteiger partial charge in [-0.05, 0) is 35.4 Å². The minimum atomic E-state index is -0.677. The van der Waals surface area contributed by atoms with Crippen LogP contribution in [-0.2, 0) is 26.3 Å². The van der Waals surface area contributed by atoms with E-state index in [1.54, 1.807) is 0 Å². The van der Waals surface area contributed by atoms with Gasteiger partial charge in [-0.15, -0.1) is 0 Å². The van der Waals surface area contributed by atoms with Gasteiger partial charge in [0.25, 0.3) is 0 Å². The summed E-state index contributed by atoms with van der Waals surface area (Å²) in [6.07, 6.45) is 5.76. The van der Waals surface area contributed by atoms with Crippen molar-refractivity contribution in [3.8, 4) is 11.5 Å². The largest absolute Gasteiger partial charge is 0.454 e. The molecule has 0 bridgehead atoms. The minimum Gasteiger partial charge on any atom is -0.454 e. The lowest BCUT2D eigenvalue weighted by molar-refractivity contribution is -0.110. The number of allylic oxidation sites excluding steroid dienone is 2. The third kappa shape index (κ3) is 2.56. The highest BCUT2D eigenvalue weighted by Gasteiger charge is 2.44. The van der Waals surface area contributed by atoms with E-state index in [9.17, 15) is 9.59 Å². The molecule has 0 unspecified atom stereocenters. The SMILES string of the molecule is COC(=O)NC[C@H]1OCc2cc3c(cc2C12C=CC(=O)C=C2)OCO3.